The van der Waals surface area contributed by atoms with Crippen LogP contribution in [0, 0.1) is 11.8 Å². The van der Waals surface area contributed by atoms with Gasteiger partial charge in [-0.1, -0.05) is 43.7 Å². The maximum absolute atomic E-state index is 5.88. The number of nitrogens with one attached hydrogen (secondary N) is 1. The van der Waals surface area contributed by atoms with Crippen LogP contribution in [0.15, 0.2) is 35.3 Å². The molecule has 5 heteroatoms. The molecular formula is C24H39N3O2. The predicted octanol–water partition coefficient (Wildman–Crippen LogP) is 3.91. The van der Waals surface area contributed by atoms with Gasteiger partial charge in [-0.3, -0.25) is 4.99 Å². The van der Waals surface area contributed by atoms with Crippen LogP contribution in [0.4, 0.5) is 0 Å². The van der Waals surface area contributed by atoms with Crippen molar-refractivity contribution < 1.29 is 9.47 Å². The van der Waals surface area contributed by atoms with Gasteiger partial charge in [-0.25, -0.2) is 0 Å². The minimum atomic E-state index is 0.661. The molecule has 0 aliphatic carbocycles. The van der Waals surface area contributed by atoms with E-state index >= 15 is 0 Å². The van der Waals surface area contributed by atoms with E-state index in [1.165, 1.54) is 18.4 Å². The summed E-state index contributed by atoms with van der Waals surface area (Å²) in [5, 5.41) is 3.55. The molecule has 5 nitrogen and oxygen atoms in total. The molecule has 1 aromatic rings. The van der Waals surface area contributed by atoms with Crippen molar-refractivity contribution >= 4 is 5.96 Å². The molecule has 2 fully saturated rings. The molecule has 2 atom stereocenters. The van der Waals surface area contributed by atoms with Crippen molar-refractivity contribution in [1.29, 1.82) is 0 Å². The zero-order valence-electron chi connectivity index (χ0n) is 18.3. The molecule has 0 spiro atoms. The Morgan fingerprint density at radius 3 is 2.72 bits per heavy atom. The van der Waals surface area contributed by atoms with Gasteiger partial charge in [0.15, 0.2) is 5.96 Å². The molecular weight excluding hydrogens is 362 g/mol. The van der Waals surface area contributed by atoms with Gasteiger partial charge in [-0.2, -0.15) is 0 Å². The Hall–Kier alpha value is -1.59. The van der Waals surface area contributed by atoms with Gasteiger partial charge in [0, 0.05) is 53.1 Å². The Bertz CT molecular complexity index is 601. The third-order valence-corrected chi connectivity index (χ3v) is 6.44. The predicted molar refractivity (Wildman–Crippen MR) is 119 cm³/mol. The molecule has 2 saturated heterocycles. The zero-order chi connectivity index (χ0) is 20.3. The molecule has 1 N–H and O–H groups in total. The van der Waals surface area contributed by atoms with E-state index in [9.17, 15) is 0 Å². The number of hydrogen-bond donors (Lipinski definition) is 1. The smallest absolute Gasteiger partial charge is 0.193 e. The lowest BCUT2D eigenvalue weighted by atomic mass is 9.79. The standard InChI is InChI=1S/C24H39N3O2/c1-3-21-18-27(14-10-23(21)22-8-5-4-6-9-22)24(25-2)26-13-7-15-29-19-20-11-16-28-17-12-20/h4-6,8-9,20-21,23H,3,7,10-19H2,1-2H3,(H,25,26). The Kier molecular flexibility index (Phi) is 9.29. The Labute approximate surface area is 176 Å². The summed E-state index contributed by atoms with van der Waals surface area (Å²) in [5.74, 6) is 3.06. The third-order valence-electron chi connectivity index (χ3n) is 6.44. The maximum atomic E-state index is 5.88. The molecule has 2 heterocycles. The second-order valence-electron chi connectivity index (χ2n) is 8.38. The fraction of sp³-hybridized carbons (Fsp3) is 0.708. The fourth-order valence-corrected chi connectivity index (χ4v) is 4.65. The molecule has 3 rings (SSSR count). The SMILES string of the molecule is CCC1CN(C(=NC)NCCCOCC2CCOCC2)CCC1c1ccccc1. The van der Waals surface area contributed by atoms with Crippen molar-refractivity contribution in [2.24, 2.45) is 16.8 Å². The van der Waals surface area contributed by atoms with Crippen LogP contribution in [-0.4, -0.2) is 64.0 Å². The normalized spacial score (nSPS) is 23.9. The summed E-state index contributed by atoms with van der Waals surface area (Å²) in [6, 6.07) is 11.0. The van der Waals surface area contributed by atoms with Gasteiger partial charge in [-0.05, 0) is 49.0 Å². The van der Waals surface area contributed by atoms with Crippen molar-refractivity contribution in [3.8, 4) is 0 Å². The zero-order valence-corrected chi connectivity index (χ0v) is 18.3. The Morgan fingerprint density at radius 2 is 2.00 bits per heavy atom. The summed E-state index contributed by atoms with van der Waals surface area (Å²) in [6.07, 6.45) is 5.69. The number of hydrogen-bond acceptors (Lipinski definition) is 3. The van der Waals surface area contributed by atoms with E-state index < -0.39 is 0 Å². The van der Waals surface area contributed by atoms with Crippen LogP contribution in [0.1, 0.15) is 50.5 Å². The highest BCUT2D eigenvalue weighted by atomic mass is 16.5. The average Bonchev–Trinajstić information content (AvgIpc) is 2.79. The second kappa shape index (κ2) is 12.2. The van der Waals surface area contributed by atoms with Crippen molar-refractivity contribution in [1.82, 2.24) is 10.2 Å². The number of aliphatic imine (C=N–C) groups is 1. The molecule has 2 aliphatic heterocycles. The van der Waals surface area contributed by atoms with Crippen LogP contribution in [0.3, 0.4) is 0 Å². The molecule has 0 aromatic heterocycles. The summed E-state index contributed by atoms with van der Waals surface area (Å²) in [5.41, 5.74) is 1.49. The van der Waals surface area contributed by atoms with Crippen LogP contribution in [0.25, 0.3) is 0 Å². The number of rotatable bonds is 8. The lowest BCUT2D eigenvalue weighted by Crippen LogP contribution is -2.48. The Morgan fingerprint density at radius 1 is 1.21 bits per heavy atom. The number of ether oxygens (including phenoxy) is 2. The number of piperidine rings is 1. The molecule has 0 radical (unpaired) electrons. The third kappa shape index (κ3) is 6.71. The van der Waals surface area contributed by atoms with Gasteiger partial charge in [0.05, 0.1) is 0 Å². The van der Waals surface area contributed by atoms with Crippen LogP contribution in [0.5, 0.6) is 0 Å². The van der Waals surface area contributed by atoms with Gasteiger partial charge < -0.3 is 19.7 Å². The first-order valence-electron chi connectivity index (χ1n) is 11.5. The first kappa shape index (κ1) is 22.1. The molecule has 29 heavy (non-hydrogen) atoms. The van der Waals surface area contributed by atoms with Crippen LogP contribution in [0.2, 0.25) is 0 Å². The summed E-state index contributed by atoms with van der Waals surface area (Å²) in [7, 11) is 1.90. The number of nitrogens with zero attached hydrogens (tertiary/aromatic N) is 2. The average molecular weight is 402 g/mol. The van der Waals surface area contributed by atoms with Crippen molar-refractivity contribution in [2.75, 3.05) is 53.1 Å². The monoisotopic (exact) mass is 401 g/mol. The van der Waals surface area contributed by atoms with E-state index in [4.69, 9.17) is 9.47 Å². The molecule has 2 aliphatic rings. The molecule has 2 unspecified atom stereocenters. The van der Waals surface area contributed by atoms with Gasteiger partial charge in [0.2, 0.25) is 0 Å². The Balaban J connectivity index is 1.37. The first-order chi connectivity index (χ1) is 14.3. The van der Waals surface area contributed by atoms with Crippen LogP contribution < -0.4 is 5.32 Å². The highest BCUT2D eigenvalue weighted by Gasteiger charge is 2.30. The van der Waals surface area contributed by atoms with E-state index in [2.05, 4.69) is 52.5 Å². The van der Waals surface area contributed by atoms with Crippen molar-refractivity contribution in [2.45, 2.75) is 44.9 Å². The van der Waals surface area contributed by atoms with Crippen molar-refractivity contribution in [3.05, 3.63) is 35.9 Å². The molecule has 0 bridgehead atoms. The summed E-state index contributed by atoms with van der Waals surface area (Å²) in [6.45, 7) is 8.85. The quantitative estimate of drug-likeness (QED) is 0.408. The minimum absolute atomic E-state index is 0.661. The van der Waals surface area contributed by atoms with E-state index in [1.807, 2.05) is 7.05 Å². The lowest BCUT2D eigenvalue weighted by Gasteiger charge is -2.40. The maximum Gasteiger partial charge on any atom is 0.193 e. The van der Waals surface area contributed by atoms with E-state index in [0.717, 1.165) is 71.3 Å². The van der Waals surface area contributed by atoms with Crippen molar-refractivity contribution in [3.63, 3.8) is 0 Å². The first-order valence-corrected chi connectivity index (χ1v) is 11.5. The van der Waals surface area contributed by atoms with Gasteiger partial charge >= 0.3 is 0 Å². The largest absolute Gasteiger partial charge is 0.381 e. The number of benzene rings is 1. The topological polar surface area (TPSA) is 46.1 Å². The minimum Gasteiger partial charge on any atom is -0.381 e. The number of likely N-dealkylation sites (tertiary alicyclic amines) is 1. The van der Waals surface area contributed by atoms with E-state index in [1.54, 1.807) is 0 Å². The molecule has 162 valence electrons. The molecule has 0 saturated carbocycles. The summed E-state index contributed by atoms with van der Waals surface area (Å²) in [4.78, 5) is 6.99. The van der Waals surface area contributed by atoms with Crippen LogP contribution >= 0.6 is 0 Å². The van der Waals surface area contributed by atoms with Gasteiger partial charge in [0.1, 0.15) is 0 Å². The molecule has 0 amide bonds. The van der Waals surface area contributed by atoms with E-state index in [0.29, 0.717) is 17.8 Å². The molecule has 1 aromatic carbocycles. The summed E-state index contributed by atoms with van der Waals surface area (Å²) < 4.78 is 11.3. The van der Waals surface area contributed by atoms with Gasteiger partial charge in [-0.15, -0.1) is 0 Å². The highest BCUT2D eigenvalue weighted by Crippen LogP contribution is 2.34. The lowest BCUT2D eigenvalue weighted by molar-refractivity contribution is 0.0203. The highest BCUT2D eigenvalue weighted by molar-refractivity contribution is 5.80. The second-order valence-corrected chi connectivity index (χ2v) is 8.38. The van der Waals surface area contributed by atoms with Gasteiger partial charge in [0.25, 0.3) is 0 Å². The van der Waals surface area contributed by atoms with Crippen LogP contribution in [-0.2, 0) is 9.47 Å². The summed E-state index contributed by atoms with van der Waals surface area (Å²) >= 11 is 0. The van der Waals surface area contributed by atoms with E-state index in [-0.39, 0.29) is 0 Å². The number of guanidine groups is 1. The fourth-order valence-electron chi connectivity index (χ4n) is 4.65.